The Morgan fingerprint density at radius 3 is 2.56 bits per heavy atom. The van der Waals surface area contributed by atoms with Gasteiger partial charge in [-0.25, -0.2) is 0 Å². The smallest absolute Gasteiger partial charge is 0.376 e. The summed E-state index contributed by atoms with van der Waals surface area (Å²) < 4.78 is 43.4. The maximum absolute atomic E-state index is 12.5. The Hall–Kier alpha value is -1.92. The lowest BCUT2D eigenvalue weighted by atomic mass is 10.1. The van der Waals surface area contributed by atoms with Crippen LogP contribution in [0.15, 0.2) is 48.7 Å². The van der Waals surface area contributed by atoms with Crippen molar-refractivity contribution in [3.63, 3.8) is 0 Å². The zero-order valence-electron chi connectivity index (χ0n) is 13.9. The summed E-state index contributed by atoms with van der Waals surface area (Å²) in [5, 5.41) is 0. The molecule has 3 nitrogen and oxygen atoms in total. The van der Waals surface area contributed by atoms with E-state index in [4.69, 9.17) is 4.74 Å². The van der Waals surface area contributed by atoms with Crippen molar-refractivity contribution in [2.75, 3.05) is 19.7 Å². The number of ether oxygens (including phenoxy) is 1. The minimum Gasteiger partial charge on any atom is -0.376 e. The number of benzene rings is 1. The summed E-state index contributed by atoms with van der Waals surface area (Å²) >= 11 is 0. The van der Waals surface area contributed by atoms with E-state index in [0.29, 0.717) is 13.0 Å². The summed E-state index contributed by atoms with van der Waals surface area (Å²) in [5.41, 5.74) is 1.23. The number of hydrogen-bond acceptors (Lipinski definition) is 3. The minimum absolute atomic E-state index is 0.0970. The van der Waals surface area contributed by atoms with Gasteiger partial charge in [0.25, 0.3) is 0 Å². The van der Waals surface area contributed by atoms with Crippen LogP contribution in [0.1, 0.15) is 23.2 Å². The molecule has 1 aromatic carbocycles. The van der Waals surface area contributed by atoms with Gasteiger partial charge < -0.3 is 4.74 Å². The second kappa shape index (κ2) is 7.97. The molecule has 0 N–H and O–H groups in total. The van der Waals surface area contributed by atoms with E-state index in [1.165, 1.54) is 17.8 Å². The number of pyridine rings is 1. The van der Waals surface area contributed by atoms with Crippen LogP contribution >= 0.6 is 0 Å². The molecule has 0 amide bonds. The first-order chi connectivity index (χ1) is 12.0. The molecule has 1 saturated heterocycles. The molecule has 0 bridgehead atoms. The van der Waals surface area contributed by atoms with Gasteiger partial charge in [0.15, 0.2) is 0 Å². The number of aryl methyl sites for hydroxylation is 1. The van der Waals surface area contributed by atoms with Crippen molar-refractivity contribution in [1.29, 1.82) is 0 Å². The molecule has 134 valence electrons. The van der Waals surface area contributed by atoms with Crippen molar-refractivity contribution >= 4 is 0 Å². The third-order valence-electron chi connectivity index (χ3n) is 4.34. The molecule has 3 rings (SSSR count). The van der Waals surface area contributed by atoms with Gasteiger partial charge in [0.05, 0.1) is 12.7 Å². The lowest BCUT2D eigenvalue weighted by molar-refractivity contribution is -0.141. The predicted octanol–water partition coefficient (Wildman–Crippen LogP) is 3.93. The Labute approximate surface area is 145 Å². The summed E-state index contributed by atoms with van der Waals surface area (Å²) in [7, 11) is 0. The van der Waals surface area contributed by atoms with Crippen LogP contribution < -0.4 is 0 Å². The van der Waals surface area contributed by atoms with E-state index in [9.17, 15) is 13.2 Å². The average Bonchev–Trinajstić information content (AvgIpc) is 2.61. The van der Waals surface area contributed by atoms with Crippen molar-refractivity contribution in [2.45, 2.75) is 31.7 Å². The Balaban J connectivity index is 1.49. The van der Waals surface area contributed by atoms with Gasteiger partial charge in [-0.15, -0.1) is 0 Å². The largest absolute Gasteiger partial charge is 0.433 e. The lowest BCUT2D eigenvalue weighted by Crippen LogP contribution is -2.42. The Morgan fingerprint density at radius 1 is 1.08 bits per heavy atom. The molecule has 0 saturated carbocycles. The SMILES string of the molecule is FC(F)(F)c1ccc(CCC2CN(Cc3ccccc3)CCO2)cn1. The van der Waals surface area contributed by atoms with Crippen LogP contribution in [0, 0.1) is 0 Å². The number of alkyl halides is 3. The van der Waals surface area contributed by atoms with Crippen LogP contribution in [0.2, 0.25) is 0 Å². The molecule has 1 atom stereocenters. The number of nitrogens with zero attached hydrogens (tertiary/aromatic N) is 2. The molecular weight excluding hydrogens is 329 g/mol. The van der Waals surface area contributed by atoms with E-state index >= 15 is 0 Å². The van der Waals surface area contributed by atoms with Gasteiger partial charge in [0.2, 0.25) is 0 Å². The highest BCUT2D eigenvalue weighted by Crippen LogP contribution is 2.27. The topological polar surface area (TPSA) is 25.4 Å². The molecule has 0 radical (unpaired) electrons. The molecule has 2 aromatic rings. The van der Waals surface area contributed by atoms with Crippen molar-refractivity contribution < 1.29 is 17.9 Å². The first-order valence-corrected chi connectivity index (χ1v) is 8.41. The molecule has 1 aliphatic heterocycles. The maximum Gasteiger partial charge on any atom is 0.433 e. The van der Waals surface area contributed by atoms with E-state index in [1.54, 1.807) is 0 Å². The molecule has 0 spiro atoms. The van der Waals surface area contributed by atoms with Crippen molar-refractivity contribution in [2.24, 2.45) is 0 Å². The lowest BCUT2D eigenvalue weighted by Gasteiger charge is -2.33. The second-order valence-corrected chi connectivity index (χ2v) is 6.30. The summed E-state index contributed by atoms with van der Waals surface area (Å²) in [6.07, 6.45) is -1.54. The Bertz CT molecular complexity index is 659. The molecule has 6 heteroatoms. The van der Waals surface area contributed by atoms with Crippen LogP contribution in [0.4, 0.5) is 13.2 Å². The van der Waals surface area contributed by atoms with Crippen LogP contribution in [-0.4, -0.2) is 35.7 Å². The summed E-state index contributed by atoms with van der Waals surface area (Å²) in [5.74, 6) is 0. The summed E-state index contributed by atoms with van der Waals surface area (Å²) in [4.78, 5) is 5.86. The fraction of sp³-hybridized carbons (Fsp3) is 0.421. The van der Waals surface area contributed by atoms with Crippen molar-refractivity contribution in [3.05, 3.63) is 65.5 Å². The van der Waals surface area contributed by atoms with E-state index in [0.717, 1.165) is 37.7 Å². The van der Waals surface area contributed by atoms with Crippen molar-refractivity contribution in [1.82, 2.24) is 9.88 Å². The van der Waals surface area contributed by atoms with E-state index in [2.05, 4.69) is 22.0 Å². The van der Waals surface area contributed by atoms with Crippen LogP contribution in [-0.2, 0) is 23.9 Å². The molecule has 25 heavy (non-hydrogen) atoms. The van der Waals surface area contributed by atoms with Crippen LogP contribution in [0.3, 0.4) is 0 Å². The number of aromatic nitrogens is 1. The van der Waals surface area contributed by atoms with Crippen molar-refractivity contribution in [3.8, 4) is 0 Å². The third-order valence-corrected chi connectivity index (χ3v) is 4.34. The minimum atomic E-state index is -4.39. The zero-order valence-corrected chi connectivity index (χ0v) is 13.9. The molecule has 1 fully saturated rings. The van der Waals surface area contributed by atoms with Gasteiger partial charge in [0, 0.05) is 25.8 Å². The predicted molar refractivity (Wildman–Crippen MR) is 89.0 cm³/mol. The first-order valence-electron chi connectivity index (χ1n) is 8.41. The summed E-state index contributed by atoms with van der Waals surface area (Å²) in [6, 6.07) is 12.8. The molecular formula is C19H21F3N2O. The van der Waals surface area contributed by atoms with Crippen LogP contribution in [0.5, 0.6) is 0 Å². The highest BCUT2D eigenvalue weighted by Gasteiger charge is 2.32. The molecule has 1 unspecified atom stereocenters. The van der Waals surface area contributed by atoms with E-state index in [1.807, 2.05) is 18.2 Å². The highest BCUT2D eigenvalue weighted by molar-refractivity contribution is 5.16. The first kappa shape index (κ1) is 17.9. The van der Waals surface area contributed by atoms with Crippen LogP contribution in [0.25, 0.3) is 0 Å². The average molecular weight is 350 g/mol. The highest BCUT2D eigenvalue weighted by atomic mass is 19.4. The zero-order chi connectivity index (χ0) is 17.7. The monoisotopic (exact) mass is 350 g/mol. The fourth-order valence-electron chi connectivity index (χ4n) is 3.01. The van der Waals surface area contributed by atoms with Gasteiger partial charge >= 0.3 is 6.18 Å². The third kappa shape index (κ3) is 5.28. The Morgan fingerprint density at radius 2 is 1.88 bits per heavy atom. The number of morpholine rings is 1. The molecule has 1 aliphatic rings. The molecule has 2 heterocycles. The normalized spacial score (nSPS) is 19.1. The van der Waals surface area contributed by atoms with Gasteiger partial charge in [-0.2, -0.15) is 13.2 Å². The Kier molecular flexibility index (Phi) is 5.71. The van der Waals surface area contributed by atoms with Gasteiger partial charge in [-0.05, 0) is 30.0 Å². The molecule has 0 aliphatic carbocycles. The van der Waals surface area contributed by atoms with E-state index in [-0.39, 0.29) is 6.10 Å². The second-order valence-electron chi connectivity index (χ2n) is 6.30. The van der Waals surface area contributed by atoms with Gasteiger partial charge in [0.1, 0.15) is 5.69 Å². The fourth-order valence-corrected chi connectivity index (χ4v) is 3.01. The van der Waals surface area contributed by atoms with E-state index < -0.39 is 11.9 Å². The van der Waals surface area contributed by atoms with Gasteiger partial charge in [-0.1, -0.05) is 36.4 Å². The number of halogens is 3. The van der Waals surface area contributed by atoms with Gasteiger partial charge in [-0.3, -0.25) is 9.88 Å². The number of rotatable bonds is 5. The quantitative estimate of drug-likeness (QED) is 0.817. The number of hydrogen-bond donors (Lipinski definition) is 0. The molecule has 1 aromatic heterocycles. The standard InChI is InChI=1S/C19H21F3N2O/c20-19(21,22)18-9-7-15(12-23-18)6-8-17-14-24(10-11-25-17)13-16-4-2-1-3-5-16/h1-5,7,9,12,17H,6,8,10-11,13-14H2. The maximum atomic E-state index is 12.5. The summed E-state index contributed by atoms with van der Waals surface area (Å²) in [6.45, 7) is 3.31.